The van der Waals surface area contributed by atoms with Crippen LogP contribution in [0.4, 0.5) is 5.69 Å². The van der Waals surface area contributed by atoms with Crippen LogP contribution in [0.25, 0.3) is 0 Å². The zero-order chi connectivity index (χ0) is 14.7. The molecule has 2 N–H and O–H groups in total. The van der Waals surface area contributed by atoms with Crippen molar-refractivity contribution in [1.82, 2.24) is 5.32 Å². The highest BCUT2D eigenvalue weighted by Crippen LogP contribution is 2.22. The quantitative estimate of drug-likeness (QED) is 0.905. The minimum atomic E-state index is -0.303. The van der Waals surface area contributed by atoms with Crippen molar-refractivity contribution in [2.24, 2.45) is 0 Å². The standard InChI is InChI=1S/C14H13BrN2O3/c1-8-9(13(18)16-2)4-3-5-11(8)17-14(19)10-6-7-20-12(10)15/h3-7H,1-2H3,(H,16,18)(H,17,19). The Bertz CT molecular complexity index is 664. The van der Waals surface area contributed by atoms with Crippen molar-refractivity contribution < 1.29 is 14.0 Å². The van der Waals surface area contributed by atoms with E-state index < -0.39 is 0 Å². The zero-order valence-electron chi connectivity index (χ0n) is 11.0. The van der Waals surface area contributed by atoms with E-state index in [2.05, 4.69) is 26.6 Å². The van der Waals surface area contributed by atoms with Gasteiger partial charge in [-0.15, -0.1) is 0 Å². The number of carbonyl (C=O) groups is 2. The van der Waals surface area contributed by atoms with E-state index in [1.54, 1.807) is 38.2 Å². The van der Waals surface area contributed by atoms with E-state index in [9.17, 15) is 9.59 Å². The van der Waals surface area contributed by atoms with Crippen LogP contribution in [-0.2, 0) is 0 Å². The van der Waals surface area contributed by atoms with E-state index in [-0.39, 0.29) is 11.8 Å². The second-order valence-corrected chi connectivity index (χ2v) is 4.84. The van der Waals surface area contributed by atoms with Crippen molar-refractivity contribution in [3.63, 3.8) is 0 Å². The average Bonchev–Trinajstić information content (AvgIpc) is 2.86. The number of hydrogen-bond donors (Lipinski definition) is 2. The lowest BCUT2D eigenvalue weighted by atomic mass is 10.1. The van der Waals surface area contributed by atoms with E-state index in [0.717, 1.165) is 0 Å². The Labute approximate surface area is 124 Å². The molecule has 0 aliphatic carbocycles. The fourth-order valence-corrected chi connectivity index (χ4v) is 2.22. The summed E-state index contributed by atoms with van der Waals surface area (Å²) >= 11 is 3.16. The lowest BCUT2D eigenvalue weighted by Crippen LogP contribution is -2.20. The summed E-state index contributed by atoms with van der Waals surface area (Å²) in [6.45, 7) is 1.78. The molecule has 1 aromatic heterocycles. The highest BCUT2D eigenvalue weighted by atomic mass is 79.9. The van der Waals surface area contributed by atoms with Crippen LogP contribution in [0, 0.1) is 6.92 Å². The predicted octanol–water partition coefficient (Wildman–Crippen LogP) is 2.96. The fourth-order valence-electron chi connectivity index (χ4n) is 1.80. The van der Waals surface area contributed by atoms with Crippen molar-refractivity contribution in [1.29, 1.82) is 0 Å². The molecule has 0 fully saturated rings. The van der Waals surface area contributed by atoms with Crippen molar-refractivity contribution in [2.45, 2.75) is 6.92 Å². The maximum absolute atomic E-state index is 12.1. The summed E-state index contributed by atoms with van der Waals surface area (Å²) in [5, 5.41) is 5.33. The van der Waals surface area contributed by atoms with Gasteiger partial charge in [-0.1, -0.05) is 6.07 Å². The lowest BCUT2D eigenvalue weighted by Gasteiger charge is -2.11. The first-order valence-corrected chi connectivity index (χ1v) is 6.70. The monoisotopic (exact) mass is 336 g/mol. The van der Waals surface area contributed by atoms with Crippen molar-refractivity contribution in [2.75, 3.05) is 12.4 Å². The number of rotatable bonds is 3. The Morgan fingerprint density at radius 3 is 2.50 bits per heavy atom. The van der Waals surface area contributed by atoms with Gasteiger partial charge in [0.1, 0.15) is 0 Å². The van der Waals surface area contributed by atoms with Gasteiger partial charge in [-0.2, -0.15) is 0 Å². The molecule has 5 nitrogen and oxygen atoms in total. The predicted molar refractivity (Wildman–Crippen MR) is 78.9 cm³/mol. The lowest BCUT2D eigenvalue weighted by molar-refractivity contribution is 0.0960. The van der Waals surface area contributed by atoms with Crippen molar-refractivity contribution in [3.05, 3.63) is 51.9 Å². The molecule has 0 bridgehead atoms. The van der Waals surface area contributed by atoms with E-state index >= 15 is 0 Å². The summed E-state index contributed by atoms with van der Waals surface area (Å²) in [6, 6.07) is 6.74. The molecule has 2 amide bonds. The van der Waals surface area contributed by atoms with Crippen LogP contribution < -0.4 is 10.6 Å². The van der Waals surface area contributed by atoms with E-state index in [1.165, 1.54) is 6.26 Å². The molecule has 0 aliphatic heterocycles. The molecule has 0 spiro atoms. The zero-order valence-corrected chi connectivity index (χ0v) is 12.6. The van der Waals surface area contributed by atoms with Crippen LogP contribution in [0.3, 0.4) is 0 Å². The molecule has 1 heterocycles. The number of hydrogen-bond acceptors (Lipinski definition) is 3. The van der Waals surface area contributed by atoms with Crippen LogP contribution in [0.1, 0.15) is 26.3 Å². The maximum Gasteiger partial charge on any atom is 0.260 e. The van der Waals surface area contributed by atoms with Crippen LogP contribution in [0.15, 0.2) is 39.6 Å². The van der Waals surface area contributed by atoms with Crippen LogP contribution >= 0.6 is 15.9 Å². The number of nitrogens with one attached hydrogen (secondary N) is 2. The van der Waals surface area contributed by atoms with Gasteiger partial charge in [-0.05, 0) is 46.6 Å². The first-order chi connectivity index (χ1) is 9.54. The summed E-state index contributed by atoms with van der Waals surface area (Å²) in [5.41, 5.74) is 2.22. The Morgan fingerprint density at radius 2 is 1.90 bits per heavy atom. The third kappa shape index (κ3) is 2.75. The molecular formula is C14H13BrN2O3. The normalized spacial score (nSPS) is 10.2. The molecular weight excluding hydrogens is 324 g/mol. The Morgan fingerprint density at radius 1 is 1.15 bits per heavy atom. The van der Waals surface area contributed by atoms with Gasteiger partial charge in [0.05, 0.1) is 11.8 Å². The number of furan rings is 1. The molecule has 104 valence electrons. The highest BCUT2D eigenvalue weighted by Gasteiger charge is 2.16. The molecule has 0 aliphatic rings. The Balaban J connectivity index is 2.29. The van der Waals surface area contributed by atoms with Gasteiger partial charge in [0.25, 0.3) is 11.8 Å². The SMILES string of the molecule is CNC(=O)c1cccc(NC(=O)c2ccoc2Br)c1C. The molecule has 2 aromatic rings. The minimum absolute atomic E-state index is 0.192. The molecule has 0 saturated carbocycles. The van der Waals surface area contributed by atoms with Crippen molar-refractivity contribution >= 4 is 33.4 Å². The molecule has 0 saturated heterocycles. The maximum atomic E-state index is 12.1. The number of benzene rings is 1. The summed E-state index contributed by atoms with van der Waals surface area (Å²) in [5.74, 6) is -0.495. The van der Waals surface area contributed by atoms with Gasteiger partial charge in [0, 0.05) is 18.3 Å². The van der Waals surface area contributed by atoms with Gasteiger partial charge in [0.15, 0.2) is 4.67 Å². The molecule has 0 unspecified atom stereocenters. The Hall–Kier alpha value is -2.08. The topological polar surface area (TPSA) is 71.3 Å². The van der Waals surface area contributed by atoms with Gasteiger partial charge in [-0.25, -0.2) is 0 Å². The van der Waals surface area contributed by atoms with Crippen LogP contribution in [-0.4, -0.2) is 18.9 Å². The number of carbonyl (C=O) groups excluding carboxylic acids is 2. The van der Waals surface area contributed by atoms with Crippen LogP contribution in [0.5, 0.6) is 0 Å². The van der Waals surface area contributed by atoms with Gasteiger partial charge in [-0.3, -0.25) is 9.59 Å². The third-order valence-electron chi connectivity index (χ3n) is 2.92. The summed E-state index contributed by atoms with van der Waals surface area (Å²) < 4.78 is 5.40. The molecule has 0 atom stereocenters. The van der Waals surface area contributed by atoms with E-state index in [4.69, 9.17) is 4.42 Å². The highest BCUT2D eigenvalue weighted by molar-refractivity contribution is 9.10. The molecule has 20 heavy (non-hydrogen) atoms. The summed E-state index contributed by atoms with van der Waals surface area (Å²) in [4.78, 5) is 23.8. The molecule has 2 rings (SSSR count). The van der Waals surface area contributed by atoms with E-state index in [1.807, 2.05) is 0 Å². The van der Waals surface area contributed by atoms with E-state index in [0.29, 0.717) is 27.0 Å². The molecule has 6 heteroatoms. The number of amides is 2. The summed E-state index contributed by atoms with van der Waals surface area (Å²) in [7, 11) is 1.57. The fraction of sp³-hybridized carbons (Fsp3) is 0.143. The first-order valence-electron chi connectivity index (χ1n) is 5.90. The van der Waals surface area contributed by atoms with Gasteiger partial charge < -0.3 is 15.1 Å². The average molecular weight is 337 g/mol. The second kappa shape index (κ2) is 5.92. The smallest absolute Gasteiger partial charge is 0.260 e. The largest absolute Gasteiger partial charge is 0.457 e. The Kier molecular flexibility index (Phi) is 4.24. The number of anilines is 1. The summed E-state index contributed by atoms with van der Waals surface area (Å²) in [6.07, 6.45) is 1.42. The molecule has 1 aromatic carbocycles. The minimum Gasteiger partial charge on any atom is -0.457 e. The number of halogens is 1. The van der Waals surface area contributed by atoms with Gasteiger partial charge >= 0.3 is 0 Å². The second-order valence-electron chi connectivity index (χ2n) is 4.12. The molecule has 0 radical (unpaired) electrons. The van der Waals surface area contributed by atoms with Crippen LogP contribution in [0.2, 0.25) is 0 Å². The third-order valence-corrected chi connectivity index (χ3v) is 3.53. The first kappa shape index (κ1) is 14.3. The van der Waals surface area contributed by atoms with Crippen molar-refractivity contribution in [3.8, 4) is 0 Å². The van der Waals surface area contributed by atoms with Gasteiger partial charge in [0.2, 0.25) is 0 Å².